The van der Waals surface area contributed by atoms with Crippen LogP contribution in [0.1, 0.15) is 26.3 Å². The average Bonchev–Trinajstić information content (AvgIpc) is 2.16. The molecule has 0 bridgehead atoms. The largest absolute Gasteiger partial charge is 1.00 e. The summed E-state index contributed by atoms with van der Waals surface area (Å²) in [6.07, 6.45) is 3.04. The molecule has 0 heterocycles. The minimum atomic E-state index is -0.456. The van der Waals surface area contributed by atoms with E-state index in [-0.39, 0.29) is 24.8 Å². The van der Waals surface area contributed by atoms with Crippen LogP contribution in [-0.2, 0) is 4.74 Å². The van der Waals surface area contributed by atoms with Crippen molar-refractivity contribution in [3.63, 3.8) is 0 Å². The summed E-state index contributed by atoms with van der Waals surface area (Å²) in [7, 11) is 0. The van der Waals surface area contributed by atoms with Crippen molar-refractivity contribution in [2.24, 2.45) is 0 Å². The van der Waals surface area contributed by atoms with Crippen molar-refractivity contribution < 1.29 is 33.7 Å². The van der Waals surface area contributed by atoms with Gasteiger partial charge in [0, 0.05) is 11.2 Å². The molecule has 0 unspecified atom stereocenters. The summed E-state index contributed by atoms with van der Waals surface area (Å²) in [5.41, 5.74) is 0.546. The first kappa shape index (κ1) is 15.8. The number of hydrogen-bond donors (Lipinski definition) is 1. The van der Waals surface area contributed by atoms with Gasteiger partial charge in [0.1, 0.15) is 5.95 Å². The van der Waals surface area contributed by atoms with Crippen LogP contribution < -0.4 is 29.0 Å². The van der Waals surface area contributed by atoms with Crippen molar-refractivity contribution in [2.75, 3.05) is 0 Å². The molecule has 17 heavy (non-hydrogen) atoms. The first-order valence-electron chi connectivity index (χ1n) is 5.18. The van der Waals surface area contributed by atoms with Gasteiger partial charge in [0.05, 0.1) is 0 Å². The van der Waals surface area contributed by atoms with Crippen LogP contribution in [0.5, 0.6) is 0 Å². The summed E-state index contributed by atoms with van der Waals surface area (Å²) in [6, 6.07) is 9.68. The molecule has 4 heteroatoms. The van der Waals surface area contributed by atoms with Gasteiger partial charge in [0.2, 0.25) is 0 Å². The van der Waals surface area contributed by atoms with E-state index in [0.717, 1.165) is 5.56 Å². The monoisotopic (exact) mass is 226 g/mol. The van der Waals surface area contributed by atoms with Crippen LogP contribution in [0.25, 0.3) is 0 Å². The van der Waals surface area contributed by atoms with Crippen molar-refractivity contribution in [3.05, 3.63) is 48.0 Å². The molecule has 0 amide bonds. The van der Waals surface area contributed by atoms with Crippen LogP contribution in [-0.4, -0.2) is 11.8 Å². The van der Waals surface area contributed by atoms with E-state index in [2.05, 4.69) is 4.99 Å². The first-order valence-corrected chi connectivity index (χ1v) is 5.18. The molecule has 0 saturated carbocycles. The molecular weight excluding hydrogens is 209 g/mol. The molecule has 1 N–H and O–H groups in total. The van der Waals surface area contributed by atoms with Gasteiger partial charge in [-0.1, -0.05) is 39.0 Å². The smallest absolute Gasteiger partial charge is 0.604 e. The first-order chi connectivity index (χ1) is 7.47. The van der Waals surface area contributed by atoms with E-state index in [1.54, 1.807) is 6.21 Å². The fraction of sp³-hybridized carbons (Fsp3) is 0.308. The van der Waals surface area contributed by atoms with E-state index in [0.29, 0.717) is 0 Å². The molecule has 0 radical (unpaired) electrons. The third-order valence-corrected chi connectivity index (χ3v) is 1.66. The molecule has 1 aromatic carbocycles. The van der Waals surface area contributed by atoms with Crippen molar-refractivity contribution in [1.29, 1.82) is 0 Å². The maximum absolute atomic E-state index is 11.3. The molecule has 0 aliphatic carbocycles. The standard InChI is InChI=1S/C13H17NO2.Li/c1-13(2,3)16-12(15)10-14-9-11-7-5-4-6-8-11;/h4-10,15H,1-3H3;/q;+1/b12-10+,14-9?;. The Bertz CT molecular complexity index is 380. The van der Waals surface area contributed by atoms with Gasteiger partial charge in [-0.25, -0.2) is 4.99 Å². The van der Waals surface area contributed by atoms with Crippen LogP contribution >= 0.6 is 0 Å². The molecular formula is C13H17LiNO2+. The molecule has 0 aromatic heterocycles. The molecule has 1 rings (SSSR count). The van der Waals surface area contributed by atoms with Crippen LogP contribution in [0, 0.1) is 0 Å². The van der Waals surface area contributed by atoms with Gasteiger partial charge >= 0.3 is 18.9 Å². The van der Waals surface area contributed by atoms with E-state index in [4.69, 9.17) is 4.74 Å². The molecule has 0 fully saturated rings. The van der Waals surface area contributed by atoms with E-state index in [1.807, 2.05) is 51.1 Å². The summed E-state index contributed by atoms with van der Waals surface area (Å²) in [5, 5.41) is 11.3. The average molecular weight is 226 g/mol. The van der Waals surface area contributed by atoms with Gasteiger partial charge in [0.25, 0.3) is 0 Å². The predicted octanol–water partition coefficient (Wildman–Crippen LogP) is -2.84. The molecule has 0 aliphatic rings. The molecule has 0 aliphatic heterocycles. The zero-order valence-electron chi connectivity index (χ0n) is 10.9. The Morgan fingerprint density at radius 2 is 1.82 bits per heavy atom. The SMILES string of the molecule is CC(C)(C)O/C([O-])=C/[NH+]=Cc1ccccc1.[Li+]. The van der Waals surface area contributed by atoms with Crippen LogP contribution in [0.4, 0.5) is 0 Å². The second-order valence-corrected chi connectivity index (χ2v) is 4.40. The van der Waals surface area contributed by atoms with Gasteiger partial charge in [-0.05, 0) is 12.1 Å². The number of hydrogen-bond acceptors (Lipinski definition) is 2. The topological polar surface area (TPSA) is 46.3 Å². The Balaban J connectivity index is 0.00000256. The summed E-state index contributed by atoms with van der Waals surface area (Å²) >= 11 is 0. The third kappa shape index (κ3) is 7.68. The summed E-state index contributed by atoms with van der Waals surface area (Å²) in [4.78, 5) is 2.80. The number of ether oxygens (including phenoxy) is 1. The van der Waals surface area contributed by atoms with Crippen LogP contribution in [0.3, 0.4) is 0 Å². The Morgan fingerprint density at radius 1 is 1.24 bits per heavy atom. The van der Waals surface area contributed by atoms with E-state index in [1.165, 1.54) is 6.20 Å². The maximum atomic E-state index is 11.3. The van der Waals surface area contributed by atoms with Gasteiger partial charge in [-0.2, -0.15) is 0 Å². The Labute approximate surface area is 114 Å². The number of benzene rings is 1. The summed E-state index contributed by atoms with van der Waals surface area (Å²) in [5.74, 6) is -0.375. The maximum Gasteiger partial charge on any atom is 1.00 e. The second kappa shape index (κ2) is 7.21. The van der Waals surface area contributed by atoms with Gasteiger partial charge in [0.15, 0.2) is 12.4 Å². The molecule has 86 valence electrons. The van der Waals surface area contributed by atoms with Crippen LogP contribution in [0.2, 0.25) is 0 Å². The molecule has 1 aromatic rings. The van der Waals surface area contributed by atoms with Crippen molar-refractivity contribution >= 4 is 6.21 Å². The van der Waals surface area contributed by atoms with E-state index < -0.39 is 5.60 Å². The van der Waals surface area contributed by atoms with Gasteiger partial charge in [-0.15, -0.1) is 0 Å². The summed E-state index contributed by atoms with van der Waals surface area (Å²) < 4.78 is 5.10. The van der Waals surface area contributed by atoms with E-state index in [9.17, 15) is 5.11 Å². The molecule has 0 atom stereocenters. The molecule has 3 nitrogen and oxygen atoms in total. The fourth-order valence-electron chi connectivity index (χ4n) is 1.09. The molecule has 0 saturated heterocycles. The quantitative estimate of drug-likeness (QED) is 0.343. The van der Waals surface area contributed by atoms with Gasteiger partial charge in [-0.3, -0.25) is 0 Å². The van der Waals surface area contributed by atoms with Crippen molar-refractivity contribution in [1.82, 2.24) is 0 Å². The van der Waals surface area contributed by atoms with Crippen LogP contribution in [0.15, 0.2) is 42.5 Å². The zero-order chi connectivity index (χ0) is 12.0. The minimum absolute atomic E-state index is 0. The molecule has 0 spiro atoms. The normalized spacial score (nSPS) is 12.3. The zero-order valence-corrected chi connectivity index (χ0v) is 10.9. The van der Waals surface area contributed by atoms with Crippen molar-refractivity contribution in [3.8, 4) is 0 Å². The van der Waals surface area contributed by atoms with E-state index >= 15 is 0 Å². The number of nitrogens with one attached hydrogen (secondary N) is 1. The predicted molar refractivity (Wildman–Crippen MR) is 61.5 cm³/mol. The second-order valence-electron chi connectivity index (χ2n) is 4.40. The Hall–Kier alpha value is -1.17. The third-order valence-electron chi connectivity index (χ3n) is 1.66. The minimum Gasteiger partial charge on any atom is -0.604 e. The Kier molecular flexibility index (Phi) is 6.71. The Morgan fingerprint density at radius 3 is 2.35 bits per heavy atom. The number of rotatable bonds is 3. The van der Waals surface area contributed by atoms with Crippen molar-refractivity contribution in [2.45, 2.75) is 26.4 Å². The summed E-state index contributed by atoms with van der Waals surface area (Å²) in [6.45, 7) is 5.50. The van der Waals surface area contributed by atoms with Gasteiger partial charge < -0.3 is 9.84 Å². The fourth-order valence-corrected chi connectivity index (χ4v) is 1.09.